The van der Waals surface area contributed by atoms with Crippen molar-refractivity contribution >= 4 is 39.8 Å². The lowest BCUT2D eigenvalue weighted by molar-refractivity contribution is -0.118. The molecule has 1 aromatic carbocycles. The molecule has 2 heterocycles. The predicted molar refractivity (Wildman–Crippen MR) is 114 cm³/mol. The van der Waals surface area contributed by atoms with Gasteiger partial charge in [0.25, 0.3) is 0 Å². The van der Waals surface area contributed by atoms with Gasteiger partial charge in [-0.15, -0.1) is 10.2 Å². The highest BCUT2D eigenvalue weighted by molar-refractivity contribution is 8.01. The maximum Gasteiger partial charge on any atom is 0.230 e. The molecule has 0 atom stereocenters. The predicted octanol–water partition coefficient (Wildman–Crippen LogP) is 3.48. The van der Waals surface area contributed by atoms with Crippen LogP contribution in [0.3, 0.4) is 0 Å². The van der Waals surface area contributed by atoms with E-state index >= 15 is 0 Å². The lowest BCUT2D eigenvalue weighted by Gasteiger charge is -2.19. The summed E-state index contributed by atoms with van der Waals surface area (Å²) in [6.07, 6.45) is 2.53. The molecule has 3 rings (SSSR count). The van der Waals surface area contributed by atoms with Crippen LogP contribution in [0.4, 0.5) is 10.8 Å². The number of thioether (sulfide) groups is 1. The Hall–Kier alpha value is -2.52. The van der Waals surface area contributed by atoms with Gasteiger partial charge in [-0.05, 0) is 30.7 Å². The zero-order chi connectivity index (χ0) is 19.6. The monoisotopic (exact) mass is 417 g/mol. The Morgan fingerprint density at radius 1 is 1.21 bits per heavy atom. The number of furan rings is 1. The Balaban J connectivity index is 1.29. The molecule has 0 saturated carbocycles. The van der Waals surface area contributed by atoms with E-state index in [0.717, 1.165) is 23.1 Å². The first-order valence-corrected chi connectivity index (χ1v) is 10.8. The van der Waals surface area contributed by atoms with Crippen molar-refractivity contribution in [1.29, 1.82) is 0 Å². The Labute approximate surface area is 172 Å². The summed E-state index contributed by atoms with van der Waals surface area (Å²) in [4.78, 5) is 14.2. The fourth-order valence-electron chi connectivity index (χ4n) is 2.45. The number of anilines is 2. The molecule has 0 fully saturated rings. The van der Waals surface area contributed by atoms with E-state index in [4.69, 9.17) is 4.42 Å². The quantitative estimate of drug-likeness (QED) is 0.365. The number of carbonyl (C=O) groups excluding carboxylic acids is 1. The molecule has 0 saturated heterocycles. The molecule has 2 aromatic heterocycles. The van der Waals surface area contributed by atoms with E-state index in [9.17, 15) is 4.79 Å². The van der Waals surface area contributed by atoms with Gasteiger partial charge in [-0.2, -0.15) is 0 Å². The number of para-hydroxylation sites is 1. The lowest BCUT2D eigenvalue weighted by atomic mass is 10.3. The third kappa shape index (κ3) is 6.58. The average molecular weight is 418 g/mol. The van der Waals surface area contributed by atoms with Gasteiger partial charge in [0.1, 0.15) is 5.76 Å². The van der Waals surface area contributed by atoms with Crippen LogP contribution in [0.2, 0.25) is 0 Å². The Morgan fingerprint density at radius 3 is 2.86 bits per heavy atom. The van der Waals surface area contributed by atoms with Crippen molar-refractivity contribution in [3.63, 3.8) is 0 Å². The molecule has 1 amide bonds. The maximum absolute atomic E-state index is 12.0. The zero-order valence-corrected chi connectivity index (χ0v) is 17.3. The molecule has 9 heteroatoms. The summed E-state index contributed by atoms with van der Waals surface area (Å²) in [6.45, 7) is 2.10. The highest BCUT2D eigenvalue weighted by Gasteiger charge is 2.08. The van der Waals surface area contributed by atoms with Crippen LogP contribution in [0.1, 0.15) is 12.2 Å². The van der Waals surface area contributed by atoms with Crippen molar-refractivity contribution in [3.05, 3.63) is 54.5 Å². The number of nitrogens with zero attached hydrogens (tertiary/aromatic N) is 3. The highest BCUT2D eigenvalue weighted by atomic mass is 32.2. The molecule has 0 aliphatic rings. The Kier molecular flexibility index (Phi) is 7.74. The second-order valence-electron chi connectivity index (χ2n) is 6.06. The van der Waals surface area contributed by atoms with E-state index < -0.39 is 0 Å². The summed E-state index contributed by atoms with van der Waals surface area (Å²) in [5.41, 5.74) is 1.18. The first kappa shape index (κ1) is 20.2. The third-order valence-electron chi connectivity index (χ3n) is 3.92. The molecule has 0 bridgehead atoms. The van der Waals surface area contributed by atoms with Gasteiger partial charge < -0.3 is 20.0 Å². The molecule has 0 unspecified atom stereocenters. The fraction of sp³-hybridized carbons (Fsp3) is 0.316. The molecule has 2 N–H and O–H groups in total. The maximum atomic E-state index is 12.0. The van der Waals surface area contributed by atoms with E-state index in [1.165, 1.54) is 28.8 Å². The van der Waals surface area contributed by atoms with E-state index in [2.05, 4.69) is 44.9 Å². The van der Waals surface area contributed by atoms with Crippen LogP contribution in [0.15, 0.2) is 57.5 Å². The number of carbonyl (C=O) groups is 1. The molecule has 7 nitrogen and oxygen atoms in total. The molecule has 0 aliphatic carbocycles. The van der Waals surface area contributed by atoms with Crippen molar-refractivity contribution < 1.29 is 9.21 Å². The van der Waals surface area contributed by atoms with Gasteiger partial charge in [-0.25, -0.2) is 0 Å². The lowest BCUT2D eigenvalue weighted by Crippen LogP contribution is -2.29. The van der Waals surface area contributed by atoms with Gasteiger partial charge in [0.2, 0.25) is 11.0 Å². The number of hydrogen-bond donors (Lipinski definition) is 2. The van der Waals surface area contributed by atoms with Crippen LogP contribution >= 0.6 is 23.1 Å². The minimum absolute atomic E-state index is 0.00709. The van der Waals surface area contributed by atoms with E-state index in [-0.39, 0.29) is 5.91 Å². The van der Waals surface area contributed by atoms with Crippen molar-refractivity contribution in [2.24, 2.45) is 0 Å². The third-order valence-corrected chi connectivity index (χ3v) is 5.93. The number of aromatic nitrogens is 2. The van der Waals surface area contributed by atoms with Crippen molar-refractivity contribution in [2.75, 3.05) is 36.1 Å². The second kappa shape index (κ2) is 10.7. The van der Waals surface area contributed by atoms with Crippen LogP contribution < -0.4 is 15.5 Å². The number of nitrogens with one attached hydrogen (secondary N) is 2. The average Bonchev–Trinajstić information content (AvgIpc) is 3.40. The molecular formula is C19H23N5O2S2. The highest BCUT2D eigenvalue weighted by Crippen LogP contribution is 2.25. The normalized spacial score (nSPS) is 10.6. The minimum Gasteiger partial charge on any atom is -0.467 e. The first-order chi connectivity index (χ1) is 13.7. The smallest absolute Gasteiger partial charge is 0.230 e. The Bertz CT molecular complexity index is 839. The summed E-state index contributed by atoms with van der Waals surface area (Å²) >= 11 is 2.82. The zero-order valence-electron chi connectivity index (χ0n) is 15.6. The van der Waals surface area contributed by atoms with Crippen molar-refractivity contribution in [3.8, 4) is 0 Å². The van der Waals surface area contributed by atoms with Crippen LogP contribution in [-0.2, 0) is 11.3 Å². The van der Waals surface area contributed by atoms with E-state index in [1.54, 1.807) is 6.26 Å². The van der Waals surface area contributed by atoms with Gasteiger partial charge in [-0.3, -0.25) is 4.79 Å². The molecule has 0 spiro atoms. The standard InChI is InChI=1S/C19H23N5O2S2/c1-24(15-7-3-2-4-8-15)11-6-10-20-17(25)14-27-19-23-22-18(28-19)21-13-16-9-5-12-26-16/h2-5,7-9,12H,6,10-11,13-14H2,1H3,(H,20,25)(H,21,22). The molecule has 0 radical (unpaired) electrons. The van der Waals surface area contributed by atoms with Gasteiger partial charge in [0, 0.05) is 25.8 Å². The second-order valence-corrected chi connectivity index (χ2v) is 8.26. The molecule has 148 valence electrons. The van der Waals surface area contributed by atoms with Gasteiger partial charge >= 0.3 is 0 Å². The van der Waals surface area contributed by atoms with Gasteiger partial charge in [0.05, 0.1) is 18.6 Å². The van der Waals surface area contributed by atoms with E-state index in [1.807, 2.05) is 30.3 Å². The van der Waals surface area contributed by atoms with Crippen LogP contribution in [0.25, 0.3) is 0 Å². The number of rotatable bonds is 11. The number of benzene rings is 1. The number of amides is 1. The first-order valence-electron chi connectivity index (χ1n) is 8.96. The molecular weight excluding hydrogens is 394 g/mol. The summed E-state index contributed by atoms with van der Waals surface area (Å²) in [7, 11) is 2.06. The minimum atomic E-state index is 0.00709. The summed E-state index contributed by atoms with van der Waals surface area (Å²) in [6, 6.07) is 13.9. The topological polar surface area (TPSA) is 83.3 Å². The van der Waals surface area contributed by atoms with Crippen LogP contribution in [0, 0.1) is 0 Å². The van der Waals surface area contributed by atoms with Gasteiger partial charge in [-0.1, -0.05) is 41.3 Å². The molecule has 28 heavy (non-hydrogen) atoms. The number of hydrogen-bond acceptors (Lipinski definition) is 8. The van der Waals surface area contributed by atoms with Crippen LogP contribution in [-0.4, -0.2) is 42.0 Å². The summed E-state index contributed by atoms with van der Waals surface area (Å²) < 4.78 is 6.03. The SMILES string of the molecule is CN(CCCNC(=O)CSc1nnc(NCc2ccco2)s1)c1ccccc1. The fourth-order valence-corrected chi connectivity index (χ4v) is 4.03. The molecule has 3 aromatic rings. The van der Waals surface area contributed by atoms with Crippen molar-refractivity contribution in [2.45, 2.75) is 17.3 Å². The molecule has 0 aliphatic heterocycles. The van der Waals surface area contributed by atoms with Gasteiger partial charge in [0.15, 0.2) is 4.34 Å². The van der Waals surface area contributed by atoms with E-state index in [0.29, 0.717) is 24.0 Å². The summed E-state index contributed by atoms with van der Waals surface area (Å²) in [5.74, 6) is 1.18. The largest absolute Gasteiger partial charge is 0.467 e. The van der Waals surface area contributed by atoms with Crippen molar-refractivity contribution in [1.82, 2.24) is 15.5 Å². The summed E-state index contributed by atoms with van der Waals surface area (Å²) in [5, 5.41) is 15.0. The Morgan fingerprint density at radius 2 is 2.07 bits per heavy atom. The van der Waals surface area contributed by atoms with Crippen LogP contribution in [0.5, 0.6) is 0 Å².